The van der Waals surface area contributed by atoms with Crippen LogP contribution in [0.3, 0.4) is 0 Å². The lowest BCUT2D eigenvalue weighted by Gasteiger charge is -2.31. The Morgan fingerprint density at radius 2 is 2.16 bits per heavy atom. The molecule has 0 heterocycles. The van der Waals surface area contributed by atoms with Crippen LogP contribution in [0.15, 0.2) is 23.8 Å². The number of ketones is 1. The highest BCUT2D eigenvalue weighted by molar-refractivity contribution is 5.98. The molecule has 1 aliphatic carbocycles. The molecule has 5 heteroatoms. The SMILES string of the molecule is CC(=O)OC1CC(C)(O)C(=O)C=C1C=CC(C)(C)O. The van der Waals surface area contributed by atoms with Crippen LogP contribution in [0.2, 0.25) is 0 Å². The van der Waals surface area contributed by atoms with E-state index in [1.54, 1.807) is 19.9 Å². The van der Waals surface area contributed by atoms with E-state index in [4.69, 9.17) is 4.74 Å². The maximum Gasteiger partial charge on any atom is 0.303 e. The quantitative estimate of drug-likeness (QED) is 0.743. The number of carbonyl (C=O) groups is 2. The first-order valence-electron chi connectivity index (χ1n) is 6.08. The molecule has 5 nitrogen and oxygen atoms in total. The van der Waals surface area contributed by atoms with Gasteiger partial charge in [0, 0.05) is 13.3 Å². The molecule has 0 amide bonds. The summed E-state index contributed by atoms with van der Waals surface area (Å²) in [5.74, 6) is -0.927. The van der Waals surface area contributed by atoms with E-state index in [1.165, 1.54) is 26.0 Å². The second-order valence-corrected chi connectivity index (χ2v) is 5.57. The van der Waals surface area contributed by atoms with Crippen molar-refractivity contribution in [1.82, 2.24) is 0 Å². The molecule has 0 bridgehead atoms. The molecular weight excluding hydrogens is 248 g/mol. The summed E-state index contributed by atoms with van der Waals surface area (Å²) in [6, 6.07) is 0. The molecule has 19 heavy (non-hydrogen) atoms. The van der Waals surface area contributed by atoms with E-state index in [2.05, 4.69) is 0 Å². The minimum absolute atomic E-state index is 0.00738. The highest BCUT2D eigenvalue weighted by atomic mass is 16.5. The molecule has 0 radical (unpaired) electrons. The van der Waals surface area contributed by atoms with Gasteiger partial charge < -0.3 is 14.9 Å². The highest BCUT2D eigenvalue weighted by Gasteiger charge is 2.38. The van der Waals surface area contributed by atoms with Gasteiger partial charge in [-0.1, -0.05) is 12.2 Å². The third-order valence-electron chi connectivity index (χ3n) is 2.78. The van der Waals surface area contributed by atoms with Crippen molar-refractivity contribution in [1.29, 1.82) is 0 Å². The Morgan fingerprint density at radius 3 is 2.63 bits per heavy atom. The van der Waals surface area contributed by atoms with E-state index in [0.717, 1.165) is 0 Å². The number of esters is 1. The van der Waals surface area contributed by atoms with Gasteiger partial charge in [0.2, 0.25) is 0 Å². The lowest BCUT2D eigenvalue weighted by Crippen LogP contribution is -2.43. The van der Waals surface area contributed by atoms with Crippen LogP contribution >= 0.6 is 0 Å². The Bertz CT molecular complexity index is 437. The molecule has 0 aliphatic heterocycles. The molecule has 0 fully saturated rings. The van der Waals surface area contributed by atoms with Crippen molar-refractivity contribution in [3.8, 4) is 0 Å². The van der Waals surface area contributed by atoms with Gasteiger partial charge in [-0.25, -0.2) is 0 Å². The number of carbonyl (C=O) groups excluding carboxylic acids is 2. The topological polar surface area (TPSA) is 83.8 Å². The van der Waals surface area contributed by atoms with Crippen LogP contribution in [0, 0.1) is 0 Å². The largest absolute Gasteiger partial charge is 0.458 e. The molecule has 2 unspecified atom stereocenters. The van der Waals surface area contributed by atoms with Gasteiger partial charge in [-0.2, -0.15) is 0 Å². The minimum Gasteiger partial charge on any atom is -0.458 e. The minimum atomic E-state index is -1.54. The summed E-state index contributed by atoms with van der Waals surface area (Å²) < 4.78 is 5.10. The van der Waals surface area contributed by atoms with Crippen molar-refractivity contribution in [2.24, 2.45) is 0 Å². The fraction of sp³-hybridized carbons (Fsp3) is 0.571. The molecule has 0 saturated heterocycles. The highest BCUT2D eigenvalue weighted by Crippen LogP contribution is 2.28. The smallest absolute Gasteiger partial charge is 0.303 e. The van der Waals surface area contributed by atoms with Gasteiger partial charge in [0.1, 0.15) is 11.7 Å². The molecule has 0 spiro atoms. The van der Waals surface area contributed by atoms with Crippen LogP contribution in [-0.4, -0.2) is 39.3 Å². The average Bonchev–Trinajstić information content (AvgIpc) is 2.18. The van der Waals surface area contributed by atoms with Crippen molar-refractivity contribution in [2.75, 3.05) is 0 Å². The van der Waals surface area contributed by atoms with Crippen LogP contribution in [-0.2, 0) is 14.3 Å². The van der Waals surface area contributed by atoms with Gasteiger partial charge >= 0.3 is 5.97 Å². The van der Waals surface area contributed by atoms with Crippen LogP contribution in [0.1, 0.15) is 34.1 Å². The fourth-order valence-corrected chi connectivity index (χ4v) is 1.74. The Labute approximate surface area is 112 Å². The molecule has 1 aliphatic rings. The van der Waals surface area contributed by atoms with Crippen LogP contribution < -0.4 is 0 Å². The number of aliphatic hydroxyl groups is 2. The fourth-order valence-electron chi connectivity index (χ4n) is 1.74. The Kier molecular flexibility index (Phi) is 4.32. The van der Waals surface area contributed by atoms with Crippen molar-refractivity contribution >= 4 is 11.8 Å². The zero-order valence-electron chi connectivity index (χ0n) is 11.6. The van der Waals surface area contributed by atoms with Crippen molar-refractivity contribution in [3.63, 3.8) is 0 Å². The van der Waals surface area contributed by atoms with Gasteiger partial charge in [-0.05, 0) is 32.4 Å². The van der Waals surface area contributed by atoms with E-state index in [9.17, 15) is 19.8 Å². The predicted octanol–water partition coefficient (Wildman–Crippen LogP) is 0.895. The summed E-state index contributed by atoms with van der Waals surface area (Å²) in [4.78, 5) is 22.8. The number of rotatable bonds is 3. The molecule has 0 aromatic heterocycles. The lowest BCUT2D eigenvalue weighted by atomic mass is 9.83. The number of ether oxygens (including phenoxy) is 1. The lowest BCUT2D eigenvalue weighted by molar-refractivity contribution is -0.150. The molecule has 0 aromatic carbocycles. The molecule has 106 valence electrons. The maximum atomic E-state index is 11.7. The monoisotopic (exact) mass is 268 g/mol. The first-order chi connectivity index (χ1) is 8.51. The van der Waals surface area contributed by atoms with Gasteiger partial charge in [0.05, 0.1) is 5.60 Å². The van der Waals surface area contributed by atoms with Crippen molar-refractivity contribution in [3.05, 3.63) is 23.8 Å². The number of hydrogen-bond acceptors (Lipinski definition) is 5. The Morgan fingerprint density at radius 1 is 1.58 bits per heavy atom. The summed E-state index contributed by atoms with van der Waals surface area (Å²) in [6.07, 6.45) is 3.61. The molecule has 1 rings (SSSR count). The first kappa shape index (κ1) is 15.6. The van der Waals surface area contributed by atoms with Crippen LogP contribution in [0.4, 0.5) is 0 Å². The second kappa shape index (κ2) is 5.27. The van der Waals surface area contributed by atoms with E-state index in [-0.39, 0.29) is 6.42 Å². The van der Waals surface area contributed by atoms with Crippen LogP contribution in [0.25, 0.3) is 0 Å². The summed E-state index contributed by atoms with van der Waals surface area (Å²) in [5.41, 5.74) is -2.11. The first-order valence-corrected chi connectivity index (χ1v) is 6.08. The molecule has 2 N–H and O–H groups in total. The van der Waals surface area contributed by atoms with Gasteiger partial charge in [0.25, 0.3) is 0 Å². The third kappa shape index (κ3) is 4.61. The molecule has 0 aromatic rings. The Balaban J connectivity index is 3.05. The number of hydrogen-bond donors (Lipinski definition) is 2. The summed E-state index contributed by atoms with van der Waals surface area (Å²) in [7, 11) is 0. The Hall–Kier alpha value is -1.46. The normalized spacial score (nSPS) is 28.4. The third-order valence-corrected chi connectivity index (χ3v) is 2.78. The van der Waals surface area contributed by atoms with Gasteiger partial charge in [-0.15, -0.1) is 0 Å². The van der Waals surface area contributed by atoms with E-state index in [0.29, 0.717) is 5.57 Å². The average molecular weight is 268 g/mol. The second-order valence-electron chi connectivity index (χ2n) is 5.57. The maximum absolute atomic E-state index is 11.7. The molecule has 2 atom stereocenters. The van der Waals surface area contributed by atoms with Crippen LogP contribution in [0.5, 0.6) is 0 Å². The van der Waals surface area contributed by atoms with E-state index < -0.39 is 29.1 Å². The summed E-state index contributed by atoms with van der Waals surface area (Å²) >= 11 is 0. The zero-order chi connectivity index (χ0) is 14.8. The summed E-state index contributed by atoms with van der Waals surface area (Å²) in [5, 5.41) is 19.5. The standard InChI is InChI=1S/C14H20O5/c1-9(15)19-11-8-14(4,18)12(16)7-10(11)5-6-13(2,3)17/h5-7,11,17-18H,8H2,1-4H3. The van der Waals surface area contributed by atoms with Crippen molar-refractivity contribution < 1.29 is 24.5 Å². The summed E-state index contributed by atoms with van der Waals surface area (Å²) in [6.45, 7) is 5.83. The zero-order valence-corrected chi connectivity index (χ0v) is 11.6. The van der Waals surface area contributed by atoms with Gasteiger partial charge in [-0.3, -0.25) is 9.59 Å². The van der Waals surface area contributed by atoms with Gasteiger partial charge in [0.15, 0.2) is 5.78 Å². The predicted molar refractivity (Wildman–Crippen MR) is 69.3 cm³/mol. The van der Waals surface area contributed by atoms with Crippen molar-refractivity contribution in [2.45, 2.75) is 51.4 Å². The molecular formula is C14H20O5. The molecule has 0 saturated carbocycles. The van der Waals surface area contributed by atoms with E-state index >= 15 is 0 Å². The van der Waals surface area contributed by atoms with E-state index in [1.807, 2.05) is 0 Å².